The van der Waals surface area contributed by atoms with Gasteiger partial charge < -0.3 is 9.67 Å². The second kappa shape index (κ2) is 8.34. The number of benzene rings is 3. The Balaban J connectivity index is 1.44. The van der Waals surface area contributed by atoms with Crippen LogP contribution in [-0.4, -0.2) is 25.4 Å². The predicted molar refractivity (Wildman–Crippen MR) is 128 cm³/mol. The molecule has 0 aliphatic rings. The summed E-state index contributed by atoms with van der Waals surface area (Å²) in [7, 11) is 0. The van der Waals surface area contributed by atoms with Crippen molar-refractivity contribution in [2.75, 3.05) is 0 Å². The van der Waals surface area contributed by atoms with E-state index in [0.717, 1.165) is 28.4 Å². The molecule has 160 valence electrons. The number of hydrogen-bond acceptors (Lipinski definition) is 2. The van der Waals surface area contributed by atoms with Crippen LogP contribution in [0.1, 0.15) is 21.5 Å². The molecule has 5 aromatic rings. The van der Waals surface area contributed by atoms with Gasteiger partial charge in [0.05, 0.1) is 17.3 Å². The van der Waals surface area contributed by atoms with E-state index in [2.05, 4.69) is 28.0 Å². The number of fused-ring (bicyclic) bond motifs is 2. The van der Waals surface area contributed by atoms with Gasteiger partial charge in [0.15, 0.2) is 0 Å². The van der Waals surface area contributed by atoms with Gasteiger partial charge in [0.25, 0.3) is 0 Å². The van der Waals surface area contributed by atoms with E-state index in [1.807, 2.05) is 35.0 Å². The topological polar surface area (TPSA) is 60.0 Å². The maximum Gasteiger partial charge on any atom is 0.335 e. The molecule has 0 saturated carbocycles. The number of halogens is 2. The van der Waals surface area contributed by atoms with E-state index in [1.165, 1.54) is 10.9 Å². The minimum atomic E-state index is -0.937. The quantitative estimate of drug-likeness (QED) is 0.322. The SMILES string of the molecule is O=C(O)c1ccc2c(cnn2CCc2cn(Cc3ccc(Cl)cc3Cl)c3ccccc23)c1. The van der Waals surface area contributed by atoms with Crippen LogP contribution in [0.2, 0.25) is 10.0 Å². The molecule has 0 atom stereocenters. The maximum atomic E-state index is 11.2. The summed E-state index contributed by atoms with van der Waals surface area (Å²) in [5.41, 5.74) is 4.56. The molecule has 0 spiro atoms. The van der Waals surface area contributed by atoms with Crippen molar-refractivity contribution in [2.45, 2.75) is 19.5 Å². The minimum absolute atomic E-state index is 0.265. The molecule has 3 aromatic carbocycles. The van der Waals surface area contributed by atoms with Crippen LogP contribution in [0, 0.1) is 0 Å². The molecule has 0 aliphatic heterocycles. The molecule has 2 aromatic heterocycles. The molecule has 0 unspecified atom stereocenters. The average Bonchev–Trinajstić information content (AvgIpc) is 3.35. The lowest BCUT2D eigenvalue weighted by Gasteiger charge is -2.08. The summed E-state index contributed by atoms with van der Waals surface area (Å²) in [6.07, 6.45) is 4.68. The van der Waals surface area contributed by atoms with E-state index in [0.29, 0.717) is 23.1 Å². The molecule has 0 bridgehead atoms. The van der Waals surface area contributed by atoms with E-state index >= 15 is 0 Å². The summed E-state index contributed by atoms with van der Waals surface area (Å²) in [6, 6.07) is 19.0. The third kappa shape index (κ3) is 3.85. The molecule has 2 heterocycles. The number of carboxylic acid groups (broad SMARTS) is 1. The van der Waals surface area contributed by atoms with Gasteiger partial charge in [-0.25, -0.2) is 4.79 Å². The van der Waals surface area contributed by atoms with Crippen LogP contribution in [0.5, 0.6) is 0 Å². The van der Waals surface area contributed by atoms with Crippen molar-refractivity contribution in [3.8, 4) is 0 Å². The number of nitrogens with zero attached hydrogens (tertiary/aromatic N) is 3. The number of rotatable bonds is 6. The van der Waals surface area contributed by atoms with Crippen LogP contribution in [0.3, 0.4) is 0 Å². The average molecular weight is 464 g/mol. The van der Waals surface area contributed by atoms with Gasteiger partial charge in [0.1, 0.15) is 0 Å². The van der Waals surface area contributed by atoms with Gasteiger partial charge >= 0.3 is 5.97 Å². The number of aromatic carboxylic acids is 1. The van der Waals surface area contributed by atoms with Crippen molar-refractivity contribution in [3.05, 3.63) is 99.8 Å². The minimum Gasteiger partial charge on any atom is -0.478 e. The highest BCUT2D eigenvalue weighted by molar-refractivity contribution is 6.35. The zero-order valence-electron chi connectivity index (χ0n) is 17.0. The molecule has 0 radical (unpaired) electrons. The summed E-state index contributed by atoms with van der Waals surface area (Å²) in [5.74, 6) is -0.937. The highest BCUT2D eigenvalue weighted by Crippen LogP contribution is 2.27. The Morgan fingerprint density at radius 1 is 0.969 bits per heavy atom. The van der Waals surface area contributed by atoms with Gasteiger partial charge in [-0.15, -0.1) is 0 Å². The molecule has 0 fully saturated rings. The van der Waals surface area contributed by atoms with Crippen molar-refractivity contribution in [1.29, 1.82) is 0 Å². The molecular weight excluding hydrogens is 445 g/mol. The Hall–Kier alpha value is -3.28. The van der Waals surface area contributed by atoms with Crippen molar-refractivity contribution < 1.29 is 9.90 Å². The molecule has 5 rings (SSSR count). The second-order valence-electron chi connectivity index (χ2n) is 7.73. The molecule has 0 saturated heterocycles. The lowest BCUT2D eigenvalue weighted by Crippen LogP contribution is -2.03. The summed E-state index contributed by atoms with van der Waals surface area (Å²) in [4.78, 5) is 11.2. The number of hydrogen-bond donors (Lipinski definition) is 1. The number of para-hydroxylation sites is 1. The fraction of sp³-hybridized carbons (Fsp3) is 0.120. The van der Waals surface area contributed by atoms with Gasteiger partial charge in [0, 0.05) is 45.6 Å². The normalized spacial score (nSPS) is 11.4. The number of carbonyl (C=O) groups is 1. The Morgan fingerprint density at radius 2 is 1.81 bits per heavy atom. The van der Waals surface area contributed by atoms with E-state index in [1.54, 1.807) is 24.4 Å². The molecular formula is C25H19Cl2N3O2. The highest BCUT2D eigenvalue weighted by Gasteiger charge is 2.12. The molecule has 32 heavy (non-hydrogen) atoms. The van der Waals surface area contributed by atoms with Crippen LogP contribution >= 0.6 is 23.2 Å². The van der Waals surface area contributed by atoms with Gasteiger partial charge in [-0.05, 0) is 53.9 Å². The predicted octanol–water partition coefficient (Wildman–Crippen LogP) is 6.29. The van der Waals surface area contributed by atoms with Crippen LogP contribution in [0.15, 0.2) is 73.1 Å². The Labute approximate surface area is 194 Å². The Bertz CT molecular complexity index is 1470. The van der Waals surface area contributed by atoms with Gasteiger partial charge in [0.2, 0.25) is 0 Å². The fourth-order valence-electron chi connectivity index (χ4n) is 4.11. The highest BCUT2D eigenvalue weighted by atomic mass is 35.5. The lowest BCUT2D eigenvalue weighted by atomic mass is 10.1. The molecule has 5 nitrogen and oxygen atoms in total. The summed E-state index contributed by atoms with van der Waals surface area (Å²) >= 11 is 12.5. The van der Waals surface area contributed by atoms with E-state index in [-0.39, 0.29) is 5.56 Å². The van der Waals surface area contributed by atoms with Gasteiger partial charge in [-0.2, -0.15) is 5.10 Å². The van der Waals surface area contributed by atoms with Crippen molar-refractivity contribution in [1.82, 2.24) is 14.3 Å². The first-order valence-corrected chi connectivity index (χ1v) is 10.9. The first-order valence-electron chi connectivity index (χ1n) is 10.2. The first-order chi connectivity index (χ1) is 15.5. The number of carboxylic acids is 1. The van der Waals surface area contributed by atoms with Gasteiger partial charge in [-0.3, -0.25) is 4.68 Å². The van der Waals surface area contributed by atoms with E-state index < -0.39 is 5.97 Å². The summed E-state index contributed by atoms with van der Waals surface area (Å²) < 4.78 is 4.13. The van der Waals surface area contributed by atoms with E-state index in [9.17, 15) is 9.90 Å². The van der Waals surface area contributed by atoms with Crippen LogP contribution in [0.4, 0.5) is 0 Å². The Morgan fingerprint density at radius 3 is 2.62 bits per heavy atom. The van der Waals surface area contributed by atoms with E-state index in [4.69, 9.17) is 23.2 Å². The first kappa shape index (κ1) is 20.6. The van der Waals surface area contributed by atoms with Crippen LogP contribution in [0.25, 0.3) is 21.8 Å². The molecule has 7 heteroatoms. The number of aromatic nitrogens is 3. The van der Waals surface area contributed by atoms with Crippen molar-refractivity contribution in [3.63, 3.8) is 0 Å². The smallest absolute Gasteiger partial charge is 0.335 e. The Kier molecular flexibility index (Phi) is 5.37. The zero-order valence-corrected chi connectivity index (χ0v) is 18.5. The fourth-order valence-corrected chi connectivity index (χ4v) is 4.58. The zero-order chi connectivity index (χ0) is 22.2. The third-order valence-electron chi connectivity index (χ3n) is 5.71. The lowest BCUT2D eigenvalue weighted by molar-refractivity contribution is 0.0697. The standard InChI is InChI=1S/C25H19Cl2N3O2/c26-20-7-5-18(22(27)12-20)15-29-14-17(21-3-1-2-4-24(21)29)9-10-30-23-8-6-16(25(31)32)11-19(23)13-28-30/h1-8,11-14H,9-10,15H2,(H,31,32). The second-order valence-corrected chi connectivity index (χ2v) is 8.58. The third-order valence-corrected chi connectivity index (χ3v) is 6.30. The maximum absolute atomic E-state index is 11.2. The van der Waals surface area contributed by atoms with Crippen molar-refractivity contribution >= 4 is 51.0 Å². The molecule has 0 amide bonds. The largest absolute Gasteiger partial charge is 0.478 e. The monoisotopic (exact) mass is 463 g/mol. The summed E-state index contributed by atoms with van der Waals surface area (Å²) in [5, 5.41) is 17.0. The number of aryl methyl sites for hydroxylation is 2. The van der Waals surface area contributed by atoms with Gasteiger partial charge in [-0.1, -0.05) is 47.5 Å². The summed E-state index contributed by atoms with van der Waals surface area (Å²) in [6.45, 7) is 1.34. The van der Waals surface area contributed by atoms with Crippen LogP contribution < -0.4 is 0 Å². The van der Waals surface area contributed by atoms with Crippen molar-refractivity contribution in [2.24, 2.45) is 0 Å². The van der Waals surface area contributed by atoms with Crippen LogP contribution in [-0.2, 0) is 19.5 Å². The molecule has 0 aliphatic carbocycles. The molecule has 1 N–H and O–H groups in total.